The third-order valence-corrected chi connectivity index (χ3v) is 5.61. The van der Waals surface area contributed by atoms with Crippen LogP contribution in [0.15, 0.2) is 47.5 Å². The highest BCUT2D eigenvalue weighted by Gasteiger charge is 2.29. The van der Waals surface area contributed by atoms with Gasteiger partial charge in [-0.05, 0) is 17.5 Å². The lowest BCUT2D eigenvalue weighted by molar-refractivity contribution is 0.175. The third kappa shape index (κ3) is 4.82. The SMILES string of the molecule is CC(C)(C)/C=C/NC(=O)N1CCN(S(=O)(=O)c2ccccc2)CC1. The minimum absolute atomic E-state index is 0.00423. The average Bonchev–Trinajstić information content (AvgIpc) is 2.54. The van der Waals surface area contributed by atoms with Crippen molar-refractivity contribution in [3.8, 4) is 0 Å². The second-order valence-electron chi connectivity index (χ2n) is 6.85. The molecule has 1 aliphatic rings. The van der Waals surface area contributed by atoms with Crippen molar-refractivity contribution in [1.29, 1.82) is 0 Å². The maximum atomic E-state index is 12.5. The van der Waals surface area contributed by atoms with Gasteiger partial charge in [-0.2, -0.15) is 4.31 Å². The molecule has 1 N–H and O–H groups in total. The average molecular weight is 351 g/mol. The second kappa shape index (κ2) is 7.36. The minimum atomic E-state index is -3.49. The van der Waals surface area contributed by atoms with Crippen LogP contribution in [0.25, 0.3) is 0 Å². The van der Waals surface area contributed by atoms with E-state index in [9.17, 15) is 13.2 Å². The summed E-state index contributed by atoms with van der Waals surface area (Å²) in [4.78, 5) is 14.0. The van der Waals surface area contributed by atoms with Crippen LogP contribution in [0.5, 0.6) is 0 Å². The predicted molar refractivity (Wildman–Crippen MR) is 93.9 cm³/mol. The number of urea groups is 1. The summed E-state index contributed by atoms with van der Waals surface area (Å²) in [5.41, 5.74) is -0.00423. The molecule has 2 amide bonds. The zero-order chi connectivity index (χ0) is 17.8. The Morgan fingerprint density at radius 1 is 1.08 bits per heavy atom. The van der Waals surface area contributed by atoms with E-state index < -0.39 is 10.0 Å². The van der Waals surface area contributed by atoms with Crippen molar-refractivity contribution in [2.24, 2.45) is 5.41 Å². The summed E-state index contributed by atoms with van der Waals surface area (Å²) < 4.78 is 26.5. The Kier molecular flexibility index (Phi) is 5.66. The summed E-state index contributed by atoms with van der Waals surface area (Å²) in [7, 11) is -3.49. The normalized spacial score (nSPS) is 17.2. The van der Waals surface area contributed by atoms with Crippen LogP contribution in [0.1, 0.15) is 20.8 Å². The van der Waals surface area contributed by atoms with Gasteiger partial charge in [0, 0.05) is 32.4 Å². The molecule has 0 spiro atoms. The van der Waals surface area contributed by atoms with Crippen LogP contribution in [0.2, 0.25) is 0 Å². The maximum absolute atomic E-state index is 12.5. The van der Waals surface area contributed by atoms with Gasteiger partial charge in [-0.3, -0.25) is 0 Å². The molecule has 0 aromatic heterocycles. The molecule has 2 rings (SSSR count). The highest BCUT2D eigenvalue weighted by Crippen LogP contribution is 2.17. The molecule has 1 aromatic carbocycles. The number of rotatable bonds is 3. The van der Waals surface area contributed by atoms with Crippen molar-refractivity contribution in [1.82, 2.24) is 14.5 Å². The molecule has 24 heavy (non-hydrogen) atoms. The van der Waals surface area contributed by atoms with Gasteiger partial charge in [0.15, 0.2) is 0 Å². The molecule has 0 atom stereocenters. The summed E-state index contributed by atoms with van der Waals surface area (Å²) in [5.74, 6) is 0. The van der Waals surface area contributed by atoms with Gasteiger partial charge in [-0.1, -0.05) is 45.0 Å². The number of carbonyl (C=O) groups is 1. The van der Waals surface area contributed by atoms with Gasteiger partial charge in [0.2, 0.25) is 10.0 Å². The Hall–Kier alpha value is -1.86. The fraction of sp³-hybridized carbons (Fsp3) is 0.471. The van der Waals surface area contributed by atoms with Crippen LogP contribution >= 0.6 is 0 Å². The molecule has 7 heteroatoms. The van der Waals surface area contributed by atoms with E-state index in [1.165, 1.54) is 4.31 Å². The Balaban J connectivity index is 1.92. The molecule has 0 radical (unpaired) electrons. The van der Waals surface area contributed by atoms with Crippen LogP contribution in [0.3, 0.4) is 0 Å². The number of hydrogen-bond acceptors (Lipinski definition) is 3. The van der Waals surface area contributed by atoms with Crippen LogP contribution in [-0.4, -0.2) is 49.8 Å². The van der Waals surface area contributed by atoms with Crippen LogP contribution in [-0.2, 0) is 10.0 Å². The van der Waals surface area contributed by atoms with E-state index in [1.54, 1.807) is 41.4 Å². The van der Waals surface area contributed by atoms with Crippen LogP contribution < -0.4 is 5.32 Å². The summed E-state index contributed by atoms with van der Waals surface area (Å²) >= 11 is 0. The molecular formula is C17H25N3O3S. The van der Waals surface area contributed by atoms with Gasteiger partial charge < -0.3 is 10.2 Å². The number of hydrogen-bond donors (Lipinski definition) is 1. The molecule has 1 fully saturated rings. The van der Waals surface area contributed by atoms with Crippen LogP contribution in [0.4, 0.5) is 4.79 Å². The molecule has 1 saturated heterocycles. The lowest BCUT2D eigenvalue weighted by Gasteiger charge is -2.33. The van der Waals surface area contributed by atoms with Gasteiger partial charge in [-0.15, -0.1) is 0 Å². The van der Waals surface area contributed by atoms with Gasteiger partial charge in [0.1, 0.15) is 0 Å². The molecule has 6 nitrogen and oxygen atoms in total. The molecule has 0 bridgehead atoms. The molecule has 1 aromatic rings. The number of allylic oxidation sites excluding steroid dienone is 1. The molecule has 132 valence electrons. The quantitative estimate of drug-likeness (QED) is 0.908. The van der Waals surface area contributed by atoms with Crippen molar-refractivity contribution in [2.45, 2.75) is 25.7 Å². The zero-order valence-electron chi connectivity index (χ0n) is 14.4. The van der Waals surface area contributed by atoms with Crippen molar-refractivity contribution in [3.63, 3.8) is 0 Å². The van der Waals surface area contributed by atoms with Gasteiger partial charge in [0.05, 0.1) is 4.90 Å². The Bertz CT molecular complexity index is 686. The fourth-order valence-electron chi connectivity index (χ4n) is 2.33. The Morgan fingerprint density at radius 3 is 2.21 bits per heavy atom. The van der Waals surface area contributed by atoms with Crippen molar-refractivity contribution >= 4 is 16.1 Å². The number of piperazine rings is 1. The number of nitrogens with one attached hydrogen (secondary N) is 1. The van der Waals surface area contributed by atoms with E-state index in [-0.39, 0.29) is 16.3 Å². The molecule has 1 heterocycles. The first-order valence-electron chi connectivity index (χ1n) is 7.98. The first-order valence-corrected chi connectivity index (χ1v) is 9.42. The zero-order valence-corrected chi connectivity index (χ0v) is 15.2. The number of carbonyl (C=O) groups excluding carboxylic acids is 1. The fourth-order valence-corrected chi connectivity index (χ4v) is 3.77. The van der Waals surface area contributed by atoms with Crippen molar-refractivity contribution in [3.05, 3.63) is 42.6 Å². The molecular weight excluding hydrogens is 326 g/mol. The van der Waals surface area contributed by atoms with Crippen LogP contribution in [0, 0.1) is 5.41 Å². The predicted octanol–water partition coefficient (Wildman–Crippen LogP) is 2.26. The van der Waals surface area contributed by atoms with E-state index in [1.807, 2.05) is 26.8 Å². The first-order chi connectivity index (χ1) is 11.2. The number of amides is 2. The minimum Gasteiger partial charge on any atom is -0.322 e. The van der Waals surface area contributed by atoms with E-state index >= 15 is 0 Å². The monoisotopic (exact) mass is 351 g/mol. The van der Waals surface area contributed by atoms with Gasteiger partial charge in [0.25, 0.3) is 0 Å². The number of sulfonamides is 1. The summed E-state index contributed by atoms with van der Waals surface area (Å²) in [6, 6.07) is 8.17. The van der Waals surface area contributed by atoms with Crippen molar-refractivity contribution < 1.29 is 13.2 Å². The van der Waals surface area contributed by atoms with E-state index in [0.717, 1.165) is 0 Å². The Morgan fingerprint density at radius 2 is 1.67 bits per heavy atom. The molecule has 0 aliphatic carbocycles. The topological polar surface area (TPSA) is 69.7 Å². The molecule has 1 aliphatic heterocycles. The van der Waals surface area contributed by atoms with Gasteiger partial charge in [-0.25, -0.2) is 13.2 Å². The number of benzene rings is 1. The molecule has 0 saturated carbocycles. The lowest BCUT2D eigenvalue weighted by atomic mass is 9.97. The highest BCUT2D eigenvalue weighted by molar-refractivity contribution is 7.89. The van der Waals surface area contributed by atoms with E-state index in [2.05, 4.69) is 5.32 Å². The highest BCUT2D eigenvalue weighted by atomic mass is 32.2. The lowest BCUT2D eigenvalue weighted by Crippen LogP contribution is -2.52. The summed E-state index contributed by atoms with van der Waals surface area (Å²) in [6.45, 7) is 7.48. The third-order valence-electron chi connectivity index (χ3n) is 3.70. The van der Waals surface area contributed by atoms with Crippen molar-refractivity contribution in [2.75, 3.05) is 26.2 Å². The largest absolute Gasteiger partial charge is 0.322 e. The second-order valence-corrected chi connectivity index (χ2v) is 8.79. The smallest absolute Gasteiger partial charge is 0.321 e. The maximum Gasteiger partial charge on any atom is 0.321 e. The van der Waals surface area contributed by atoms with E-state index in [0.29, 0.717) is 26.2 Å². The molecule has 0 unspecified atom stereocenters. The number of nitrogens with zero attached hydrogens (tertiary/aromatic N) is 2. The van der Waals surface area contributed by atoms with E-state index in [4.69, 9.17) is 0 Å². The Labute approximate surface area is 144 Å². The summed E-state index contributed by atoms with van der Waals surface area (Å²) in [6.07, 6.45) is 3.57. The van der Waals surface area contributed by atoms with Gasteiger partial charge >= 0.3 is 6.03 Å². The summed E-state index contributed by atoms with van der Waals surface area (Å²) in [5, 5.41) is 2.73. The standard InChI is InChI=1S/C17H25N3O3S/c1-17(2,3)9-10-18-16(21)19-11-13-20(14-12-19)24(22,23)15-7-5-4-6-8-15/h4-10H,11-14H2,1-3H3,(H,18,21)/b10-9+. The first kappa shape index (κ1) is 18.5.